The van der Waals surface area contributed by atoms with E-state index in [1.807, 2.05) is 0 Å². The highest BCUT2D eigenvalue weighted by molar-refractivity contribution is 5.75. The molecule has 0 saturated heterocycles. The molecule has 0 bridgehead atoms. The van der Waals surface area contributed by atoms with Crippen molar-refractivity contribution in [3.8, 4) is 0 Å². The minimum atomic E-state index is -0.859. The lowest BCUT2D eigenvalue weighted by molar-refractivity contribution is -0.140. The summed E-state index contributed by atoms with van der Waals surface area (Å²) in [6, 6.07) is -0.674. The van der Waals surface area contributed by atoms with Crippen molar-refractivity contribution in [3.05, 3.63) is 0 Å². The van der Waals surface area contributed by atoms with Crippen LogP contribution in [0.15, 0.2) is 0 Å². The predicted molar refractivity (Wildman–Crippen MR) is 51.4 cm³/mol. The minimum absolute atomic E-state index is 0.107. The van der Waals surface area contributed by atoms with Crippen LogP contribution in [0.25, 0.3) is 0 Å². The molecule has 3 heteroatoms. The standard InChI is InChI=1S/C10H19NO2/c1-9(2,3)6-10(4-5-10)7(11)8(12)13/h7H,4-6,11H2,1-3H3,(H,12,13). The molecule has 0 amide bonds. The van der Waals surface area contributed by atoms with Gasteiger partial charge in [0.2, 0.25) is 0 Å². The van der Waals surface area contributed by atoms with Crippen LogP contribution in [0.5, 0.6) is 0 Å². The summed E-state index contributed by atoms with van der Waals surface area (Å²) in [5, 5.41) is 8.83. The first-order chi connectivity index (χ1) is 5.77. The lowest BCUT2D eigenvalue weighted by atomic mass is 9.79. The molecule has 1 aliphatic rings. The Morgan fingerprint density at radius 2 is 2.00 bits per heavy atom. The van der Waals surface area contributed by atoms with Crippen LogP contribution in [0.2, 0.25) is 0 Å². The molecule has 0 spiro atoms. The van der Waals surface area contributed by atoms with Crippen molar-refractivity contribution >= 4 is 5.97 Å². The Morgan fingerprint density at radius 3 is 2.23 bits per heavy atom. The normalized spacial score (nSPS) is 22.5. The van der Waals surface area contributed by atoms with Gasteiger partial charge < -0.3 is 10.8 Å². The smallest absolute Gasteiger partial charge is 0.321 e. The maximum absolute atomic E-state index is 10.7. The largest absolute Gasteiger partial charge is 0.480 e. The Balaban J connectivity index is 2.62. The first-order valence-corrected chi connectivity index (χ1v) is 4.75. The highest BCUT2D eigenvalue weighted by atomic mass is 16.4. The van der Waals surface area contributed by atoms with Gasteiger partial charge in [0.1, 0.15) is 6.04 Å². The zero-order valence-corrected chi connectivity index (χ0v) is 8.63. The second kappa shape index (κ2) is 2.98. The summed E-state index contributed by atoms with van der Waals surface area (Å²) in [5.41, 5.74) is 5.73. The van der Waals surface area contributed by atoms with Crippen molar-refractivity contribution in [1.29, 1.82) is 0 Å². The van der Waals surface area contributed by atoms with Crippen molar-refractivity contribution < 1.29 is 9.90 Å². The number of aliphatic carboxylic acids is 1. The van der Waals surface area contributed by atoms with Crippen molar-refractivity contribution in [2.75, 3.05) is 0 Å². The average molecular weight is 185 g/mol. The highest BCUT2D eigenvalue weighted by Gasteiger charge is 2.52. The van der Waals surface area contributed by atoms with E-state index in [9.17, 15) is 4.79 Å². The van der Waals surface area contributed by atoms with Crippen LogP contribution in [0.1, 0.15) is 40.0 Å². The van der Waals surface area contributed by atoms with E-state index in [1.165, 1.54) is 0 Å². The van der Waals surface area contributed by atoms with E-state index in [0.717, 1.165) is 19.3 Å². The molecule has 3 nitrogen and oxygen atoms in total. The lowest BCUT2D eigenvalue weighted by Crippen LogP contribution is -2.41. The van der Waals surface area contributed by atoms with Gasteiger partial charge in [-0.2, -0.15) is 0 Å². The summed E-state index contributed by atoms with van der Waals surface area (Å²) in [4.78, 5) is 10.7. The van der Waals surface area contributed by atoms with E-state index < -0.39 is 12.0 Å². The highest BCUT2D eigenvalue weighted by Crippen LogP contribution is 2.55. The fraction of sp³-hybridized carbons (Fsp3) is 0.900. The molecule has 1 rings (SSSR count). The van der Waals surface area contributed by atoms with Crippen molar-refractivity contribution in [2.45, 2.75) is 46.1 Å². The number of rotatable bonds is 3. The molecule has 1 fully saturated rings. The summed E-state index contributed by atoms with van der Waals surface area (Å²) in [7, 11) is 0. The fourth-order valence-electron chi connectivity index (χ4n) is 2.08. The number of carbonyl (C=O) groups is 1. The molecule has 0 aromatic carbocycles. The Kier molecular flexibility index (Phi) is 2.41. The van der Waals surface area contributed by atoms with Crippen LogP contribution in [-0.4, -0.2) is 17.1 Å². The predicted octanol–water partition coefficient (Wildman–Crippen LogP) is 1.61. The topological polar surface area (TPSA) is 63.3 Å². The Labute approximate surface area is 79.3 Å². The molecule has 0 heterocycles. The van der Waals surface area contributed by atoms with Gasteiger partial charge in [0.15, 0.2) is 0 Å². The van der Waals surface area contributed by atoms with E-state index in [0.29, 0.717) is 0 Å². The van der Waals surface area contributed by atoms with Gasteiger partial charge in [-0.3, -0.25) is 4.79 Å². The zero-order chi connectivity index (χ0) is 10.3. The molecule has 1 atom stereocenters. The van der Waals surface area contributed by atoms with Gasteiger partial charge in [-0.15, -0.1) is 0 Å². The lowest BCUT2D eigenvalue weighted by Gasteiger charge is -2.28. The summed E-state index contributed by atoms with van der Waals surface area (Å²) in [6.45, 7) is 6.38. The first-order valence-electron chi connectivity index (χ1n) is 4.75. The third kappa shape index (κ3) is 2.44. The van der Waals surface area contributed by atoms with E-state index in [1.54, 1.807) is 0 Å². The minimum Gasteiger partial charge on any atom is -0.480 e. The summed E-state index contributed by atoms with van der Waals surface area (Å²) in [6.07, 6.45) is 2.85. The average Bonchev–Trinajstić information content (AvgIpc) is 2.64. The van der Waals surface area contributed by atoms with Crippen molar-refractivity contribution in [2.24, 2.45) is 16.6 Å². The van der Waals surface area contributed by atoms with Crippen molar-refractivity contribution in [3.63, 3.8) is 0 Å². The molecule has 1 unspecified atom stereocenters. The molecule has 0 aromatic rings. The Bertz CT molecular complexity index is 213. The van der Waals surface area contributed by atoms with E-state index >= 15 is 0 Å². The molecule has 3 N–H and O–H groups in total. The zero-order valence-electron chi connectivity index (χ0n) is 8.63. The molecule has 0 aromatic heterocycles. The van der Waals surface area contributed by atoms with Gasteiger partial charge in [-0.05, 0) is 30.1 Å². The third-order valence-electron chi connectivity index (χ3n) is 2.70. The Morgan fingerprint density at radius 1 is 1.54 bits per heavy atom. The molecular formula is C10H19NO2. The molecule has 0 aliphatic heterocycles. The van der Waals surface area contributed by atoms with E-state index in [4.69, 9.17) is 10.8 Å². The summed E-state index contributed by atoms with van der Waals surface area (Å²) < 4.78 is 0. The molecule has 13 heavy (non-hydrogen) atoms. The summed E-state index contributed by atoms with van der Waals surface area (Å²) >= 11 is 0. The number of hydrogen-bond donors (Lipinski definition) is 2. The fourth-order valence-corrected chi connectivity index (χ4v) is 2.08. The maximum Gasteiger partial charge on any atom is 0.321 e. The quantitative estimate of drug-likeness (QED) is 0.702. The van der Waals surface area contributed by atoms with Crippen LogP contribution in [-0.2, 0) is 4.79 Å². The molecule has 1 saturated carbocycles. The number of carboxylic acids is 1. The SMILES string of the molecule is CC(C)(C)CC1(C(N)C(=O)O)CC1. The second-order valence-electron chi connectivity index (χ2n) is 5.42. The number of carboxylic acid groups (broad SMARTS) is 1. The number of hydrogen-bond acceptors (Lipinski definition) is 2. The van der Waals surface area contributed by atoms with Gasteiger partial charge >= 0.3 is 5.97 Å². The third-order valence-corrected chi connectivity index (χ3v) is 2.70. The second-order valence-corrected chi connectivity index (χ2v) is 5.42. The molecule has 0 radical (unpaired) electrons. The molecule has 76 valence electrons. The van der Waals surface area contributed by atoms with Crippen LogP contribution >= 0.6 is 0 Å². The molecule has 1 aliphatic carbocycles. The molecular weight excluding hydrogens is 166 g/mol. The van der Waals surface area contributed by atoms with Crippen LogP contribution < -0.4 is 5.73 Å². The summed E-state index contributed by atoms with van der Waals surface area (Å²) in [5.74, 6) is -0.859. The van der Waals surface area contributed by atoms with Gasteiger partial charge in [-0.25, -0.2) is 0 Å². The van der Waals surface area contributed by atoms with Gasteiger partial charge in [-0.1, -0.05) is 20.8 Å². The van der Waals surface area contributed by atoms with Gasteiger partial charge in [0, 0.05) is 0 Å². The van der Waals surface area contributed by atoms with Crippen LogP contribution in [0.3, 0.4) is 0 Å². The number of nitrogens with two attached hydrogens (primary N) is 1. The maximum atomic E-state index is 10.7. The van der Waals surface area contributed by atoms with Gasteiger partial charge in [0.05, 0.1) is 0 Å². The van der Waals surface area contributed by atoms with Crippen molar-refractivity contribution in [1.82, 2.24) is 0 Å². The Hall–Kier alpha value is -0.570. The van der Waals surface area contributed by atoms with Gasteiger partial charge in [0.25, 0.3) is 0 Å². The first kappa shape index (κ1) is 10.5. The monoisotopic (exact) mass is 185 g/mol. The van der Waals surface area contributed by atoms with Crippen LogP contribution in [0.4, 0.5) is 0 Å². The van der Waals surface area contributed by atoms with Crippen LogP contribution in [0, 0.1) is 10.8 Å². The van der Waals surface area contributed by atoms with E-state index in [-0.39, 0.29) is 10.8 Å². The van der Waals surface area contributed by atoms with E-state index in [2.05, 4.69) is 20.8 Å².